The Kier molecular flexibility index (Phi) is 35.2. The molecule has 0 rings (SSSR count). The van der Waals surface area contributed by atoms with E-state index < -0.39 is 32.5 Å². The fourth-order valence-corrected chi connectivity index (χ4v) is 6.18. The van der Waals surface area contributed by atoms with Gasteiger partial charge in [-0.3, -0.25) is 18.6 Å². The Bertz CT molecular complexity index is 1070. The number of hydrogen-bond donors (Lipinski definition) is 1. The Hall–Kier alpha value is -2.03. The summed E-state index contributed by atoms with van der Waals surface area (Å²) in [6.45, 7) is 4.32. The SMILES string of the molecule is CCCCCC/C=C/CCCCCCCC(=O)O[C@H](COC(=O)CCC/C=C/C/C=C/C/C=C/CCCCCCCC)COP(=O)(O)OCC[N+](C)(C)C. The van der Waals surface area contributed by atoms with Gasteiger partial charge in [-0.15, -0.1) is 0 Å². The van der Waals surface area contributed by atoms with Gasteiger partial charge >= 0.3 is 19.8 Å². The minimum absolute atomic E-state index is 0.0213. The Morgan fingerprint density at radius 2 is 1.02 bits per heavy atom. The van der Waals surface area contributed by atoms with Crippen LogP contribution >= 0.6 is 7.82 Å². The molecule has 0 spiro atoms. The van der Waals surface area contributed by atoms with E-state index in [-0.39, 0.29) is 26.1 Å². The van der Waals surface area contributed by atoms with Gasteiger partial charge in [-0.25, -0.2) is 4.57 Å². The van der Waals surface area contributed by atoms with Gasteiger partial charge < -0.3 is 18.9 Å². The summed E-state index contributed by atoms with van der Waals surface area (Å²) in [6.07, 6.45) is 41.6. The Labute approximate surface area is 331 Å². The van der Waals surface area contributed by atoms with Crippen molar-refractivity contribution in [3.8, 4) is 0 Å². The summed E-state index contributed by atoms with van der Waals surface area (Å²) in [7, 11) is 1.44. The van der Waals surface area contributed by atoms with E-state index in [2.05, 4.69) is 62.5 Å². The van der Waals surface area contributed by atoms with Crippen LogP contribution in [-0.4, -0.2) is 74.9 Å². The third kappa shape index (κ3) is 39.7. The van der Waals surface area contributed by atoms with Crippen LogP contribution in [0, 0.1) is 0 Å². The standard InChI is InChI=1S/C44H80NO8P/c1-6-8-10-12-14-16-18-20-21-22-23-25-26-28-30-32-34-36-43(46)50-40-42(41-52-54(48,49)51-39-38-45(3,4)5)53-44(47)37-35-33-31-29-27-24-19-17-15-13-11-9-7-2/h17,19-21,23,25,28,30,42H,6-16,18,22,24,26-27,29,31-41H2,1-5H3/p+1/b19-17+,21-20+,25-23+,30-28+/t42-/m1/s1. The van der Waals surface area contributed by atoms with Gasteiger partial charge in [-0.1, -0.05) is 133 Å². The second-order valence-corrected chi connectivity index (χ2v) is 16.8. The Morgan fingerprint density at radius 1 is 0.574 bits per heavy atom. The number of likely N-dealkylation sites (N-methyl/N-ethyl adjacent to an activating group) is 1. The largest absolute Gasteiger partial charge is 0.472 e. The normalized spacial score (nSPS) is 14.1. The van der Waals surface area contributed by atoms with Crippen LogP contribution in [0.4, 0.5) is 0 Å². The lowest BCUT2D eigenvalue weighted by molar-refractivity contribution is -0.870. The number of carbonyl (C=O) groups excluding carboxylic acids is 2. The van der Waals surface area contributed by atoms with E-state index in [0.29, 0.717) is 23.9 Å². The van der Waals surface area contributed by atoms with Gasteiger partial charge in [0, 0.05) is 12.8 Å². The third-order valence-electron chi connectivity index (χ3n) is 8.83. The van der Waals surface area contributed by atoms with Crippen LogP contribution in [-0.2, 0) is 32.7 Å². The molecule has 0 fully saturated rings. The summed E-state index contributed by atoms with van der Waals surface area (Å²) in [5, 5.41) is 0. The number of phosphoric ester groups is 1. The van der Waals surface area contributed by atoms with Crippen LogP contribution in [0.25, 0.3) is 0 Å². The third-order valence-corrected chi connectivity index (χ3v) is 9.82. The van der Waals surface area contributed by atoms with Crippen LogP contribution in [0.5, 0.6) is 0 Å². The van der Waals surface area contributed by atoms with Crippen LogP contribution in [0.15, 0.2) is 48.6 Å². The summed E-state index contributed by atoms with van der Waals surface area (Å²) in [6, 6.07) is 0. The molecule has 2 atom stereocenters. The molecule has 0 aromatic carbocycles. The first-order valence-electron chi connectivity index (χ1n) is 21.4. The van der Waals surface area contributed by atoms with Crippen molar-refractivity contribution in [2.75, 3.05) is 47.5 Å². The number of carbonyl (C=O) groups is 2. The summed E-state index contributed by atoms with van der Waals surface area (Å²) in [4.78, 5) is 35.3. The van der Waals surface area contributed by atoms with Gasteiger partial charge in [0.05, 0.1) is 27.7 Å². The number of allylic oxidation sites excluding steroid dienone is 8. The Balaban J connectivity index is 4.48. The number of phosphoric acid groups is 1. The molecule has 10 heteroatoms. The predicted octanol–water partition coefficient (Wildman–Crippen LogP) is 11.9. The molecule has 1 unspecified atom stereocenters. The second-order valence-electron chi connectivity index (χ2n) is 15.4. The maximum atomic E-state index is 12.6. The number of quaternary nitrogens is 1. The topological polar surface area (TPSA) is 108 Å². The Morgan fingerprint density at radius 3 is 1.57 bits per heavy atom. The summed E-state index contributed by atoms with van der Waals surface area (Å²) >= 11 is 0. The molecule has 0 aromatic rings. The summed E-state index contributed by atoms with van der Waals surface area (Å²) in [5.41, 5.74) is 0. The first kappa shape index (κ1) is 52.0. The lowest BCUT2D eigenvalue weighted by atomic mass is 10.1. The fourth-order valence-electron chi connectivity index (χ4n) is 5.43. The molecule has 1 N–H and O–H groups in total. The van der Waals surface area contributed by atoms with Gasteiger partial charge in [0.1, 0.15) is 19.8 Å². The summed E-state index contributed by atoms with van der Waals surface area (Å²) in [5.74, 6) is -0.873. The highest BCUT2D eigenvalue weighted by molar-refractivity contribution is 7.47. The fraction of sp³-hybridized carbons (Fsp3) is 0.773. The van der Waals surface area contributed by atoms with E-state index in [0.717, 1.165) is 57.8 Å². The first-order chi connectivity index (χ1) is 26.0. The minimum Gasteiger partial charge on any atom is -0.462 e. The zero-order valence-electron chi connectivity index (χ0n) is 35.2. The van der Waals surface area contributed by atoms with Crippen molar-refractivity contribution in [2.45, 2.75) is 174 Å². The monoisotopic (exact) mass is 783 g/mol. The van der Waals surface area contributed by atoms with Crippen LogP contribution in [0.1, 0.15) is 168 Å². The molecule has 0 bridgehead atoms. The van der Waals surface area contributed by atoms with Gasteiger partial charge in [-0.05, 0) is 70.6 Å². The number of esters is 2. The maximum Gasteiger partial charge on any atom is 0.472 e. The molecule has 0 aliphatic rings. The number of nitrogens with zero attached hydrogens (tertiary/aromatic N) is 1. The highest BCUT2D eigenvalue weighted by Gasteiger charge is 2.27. The van der Waals surface area contributed by atoms with Crippen molar-refractivity contribution < 1.29 is 42.1 Å². The first-order valence-corrected chi connectivity index (χ1v) is 22.9. The molecule has 0 saturated heterocycles. The van der Waals surface area contributed by atoms with Crippen LogP contribution in [0.2, 0.25) is 0 Å². The molecule has 0 saturated carbocycles. The van der Waals surface area contributed by atoms with Crippen molar-refractivity contribution in [1.82, 2.24) is 0 Å². The van der Waals surface area contributed by atoms with E-state index in [4.69, 9.17) is 18.5 Å². The van der Waals surface area contributed by atoms with Gasteiger partial charge in [0.15, 0.2) is 6.10 Å². The quantitative estimate of drug-likeness (QED) is 0.0217. The van der Waals surface area contributed by atoms with Gasteiger partial charge in [-0.2, -0.15) is 0 Å². The lowest BCUT2D eigenvalue weighted by Gasteiger charge is -2.24. The second kappa shape index (κ2) is 36.6. The highest BCUT2D eigenvalue weighted by Crippen LogP contribution is 2.43. The zero-order chi connectivity index (χ0) is 40.0. The molecule has 0 aromatic heterocycles. The van der Waals surface area contributed by atoms with Crippen molar-refractivity contribution in [3.63, 3.8) is 0 Å². The molecule has 0 amide bonds. The number of rotatable bonds is 38. The molecular weight excluding hydrogens is 701 g/mol. The molecule has 54 heavy (non-hydrogen) atoms. The lowest BCUT2D eigenvalue weighted by Crippen LogP contribution is -2.37. The molecule has 0 heterocycles. The molecular formula is C44H81NO8P+. The molecule has 0 radical (unpaired) electrons. The molecule has 0 aliphatic carbocycles. The van der Waals surface area contributed by atoms with Crippen molar-refractivity contribution >= 4 is 19.8 Å². The van der Waals surface area contributed by atoms with Crippen molar-refractivity contribution in [1.29, 1.82) is 0 Å². The minimum atomic E-state index is -4.38. The average molecular weight is 783 g/mol. The van der Waals surface area contributed by atoms with E-state index in [1.54, 1.807) is 0 Å². The van der Waals surface area contributed by atoms with Crippen molar-refractivity contribution in [2.24, 2.45) is 0 Å². The highest BCUT2D eigenvalue weighted by atomic mass is 31.2. The van der Waals surface area contributed by atoms with Gasteiger partial charge in [0.2, 0.25) is 0 Å². The van der Waals surface area contributed by atoms with E-state index >= 15 is 0 Å². The van der Waals surface area contributed by atoms with E-state index in [1.807, 2.05) is 21.1 Å². The van der Waals surface area contributed by atoms with Crippen LogP contribution < -0.4 is 0 Å². The van der Waals surface area contributed by atoms with Crippen LogP contribution in [0.3, 0.4) is 0 Å². The number of unbranched alkanes of at least 4 members (excludes halogenated alkanes) is 16. The zero-order valence-corrected chi connectivity index (χ0v) is 36.1. The maximum absolute atomic E-state index is 12.6. The van der Waals surface area contributed by atoms with Gasteiger partial charge in [0.25, 0.3) is 0 Å². The number of ether oxygens (including phenoxy) is 2. The molecule has 9 nitrogen and oxygen atoms in total. The summed E-state index contributed by atoms with van der Waals surface area (Å²) < 4.78 is 34.2. The molecule has 0 aliphatic heterocycles. The van der Waals surface area contributed by atoms with E-state index in [9.17, 15) is 19.0 Å². The number of hydrogen-bond acceptors (Lipinski definition) is 7. The molecule has 314 valence electrons. The average Bonchev–Trinajstić information content (AvgIpc) is 3.12. The smallest absolute Gasteiger partial charge is 0.462 e. The van der Waals surface area contributed by atoms with Crippen molar-refractivity contribution in [3.05, 3.63) is 48.6 Å². The van der Waals surface area contributed by atoms with E-state index in [1.165, 1.54) is 70.6 Å². The predicted molar refractivity (Wildman–Crippen MR) is 224 cm³/mol.